The van der Waals surface area contributed by atoms with E-state index in [2.05, 4.69) is 21.7 Å². The third kappa shape index (κ3) is 5.91. The van der Waals surface area contributed by atoms with Gasteiger partial charge in [-0.1, -0.05) is 0 Å². The van der Waals surface area contributed by atoms with E-state index in [9.17, 15) is 25.5 Å². The fraction of sp³-hybridized carbons (Fsp3) is 1.00. The number of hydrogen-bond acceptors (Lipinski definition) is 9. The fourth-order valence-electron chi connectivity index (χ4n) is 1.54. The molecule has 0 aromatic carbocycles. The molecule has 0 aliphatic heterocycles. The van der Waals surface area contributed by atoms with Crippen LogP contribution in [0.25, 0.3) is 0 Å². The molecule has 20 heavy (non-hydrogen) atoms. The summed E-state index contributed by atoms with van der Waals surface area (Å²) in [5.41, 5.74) is 0. The van der Waals surface area contributed by atoms with Gasteiger partial charge in [0.2, 0.25) is 0 Å². The highest BCUT2D eigenvalue weighted by atomic mass is 127. The van der Waals surface area contributed by atoms with E-state index >= 15 is 0 Å². The second kappa shape index (κ2) is 10.5. The van der Waals surface area contributed by atoms with Crippen LogP contribution in [-0.4, -0.2) is 82.9 Å². The van der Waals surface area contributed by atoms with Crippen LogP contribution in [0.3, 0.4) is 0 Å². The van der Waals surface area contributed by atoms with Gasteiger partial charge < -0.3 is 37.4 Å². The molecule has 5 N–H and O–H groups in total. The molecule has 0 bridgehead atoms. The van der Waals surface area contributed by atoms with Gasteiger partial charge in [0, 0.05) is 0 Å². The highest BCUT2D eigenvalue weighted by Crippen LogP contribution is 2.18. The van der Waals surface area contributed by atoms with Crippen molar-refractivity contribution in [2.24, 2.45) is 0 Å². The highest BCUT2D eigenvalue weighted by molar-refractivity contribution is 14.1. The predicted molar refractivity (Wildman–Crippen MR) is 83.0 cm³/mol. The van der Waals surface area contributed by atoms with Gasteiger partial charge in [-0.2, -0.15) is 0 Å². The molecule has 0 rings (SSSR count). The van der Waals surface area contributed by atoms with Crippen molar-refractivity contribution in [1.29, 1.82) is 0 Å². The molecule has 0 saturated heterocycles. The van der Waals surface area contributed by atoms with E-state index in [4.69, 9.17) is 3.07 Å². The maximum Gasteiger partial charge on any atom is 0.257 e. The quantitative estimate of drug-likeness (QED) is 0.0968. The summed E-state index contributed by atoms with van der Waals surface area (Å²) in [4.78, 5) is 0. The first-order valence-corrected chi connectivity index (χ1v) is 7.03. The van der Waals surface area contributed by atoms with Crippen LogP contribution in [0, 0.1) is 0 Å². The van der Waals surface area contributed by atoms with Gasteiger partial charge in [0.05, 0.1) is 12.7 Å². The van der Waals surface area contributed by atoms with Crippen LogP contribution < -0.4 is 0 Å². The molecule has 0 radical (unpaired) electrons. The van der Waals surface area contributed by atoms with Crippen molar-refractivity contribution in [3.8, 4) is 0 Å². The van der Waals surface area contributed by atoms with Gasteiger partial charge >= 0.3 is 0 Å². The van der Waals surface area contributed by atoms with E-state index in [0.717, 1.165) is 0 Å². The van der Waals surface area contributed by atoms with Crippen molar-refractivity contribution < 1.29 is 37.4 Å². The van der Waals surface area contributed by atoms with Crippen molar-refractivity contribution in [1.82, 2.24) is 0 Å². The van der Waals surface area contributed by atoms with Crippen LogP contribution in [0.2, 0.25) is 0 Å². The largest absolute Gasteiger partial charge is 0.441 e. The Kier molecular flexibility index (Phi) is 11.0. The lowest BCUT2D eigenvalue weighted by Crippen LogP contribution is -2.55. The summed E-state index contributed by atoms with van der Waals surface area (Å²) >= 11 is 5.04. The number of aliphatic hydroxyl groups is 5. The molecule has 0 aromatic rings. The van der Waals surface area contributed by atoms with E-state index in [1.807, 2.05) is 0 Å². The molecule has 0 spiro atoms. The Morgan fingerprint density at radius 1 is 1.05 bits per heavy atom. The SMILES string of the molecule is BOCC(O)C(O)C(OS)C(O)C(O)C(O)C(C)OI. The third-order valence-electron chi connectivity index (χ3n) is 2.85. The van der Waals surface area contributed by atoms with Crippen molar-refractivity contribution >= 4 is 44.0 Å². The zero-order valence-corrected chi connectivity index (χ0v) is 14.1. The van der Waals surface area contributed by atoms with Gasteiger partial charge in [0.15, 0.2) is 0 Å². The first kappa shape index (κ1) is 20.8. The summed E-state index contributed by atoms with van der Waals surface area (Å²) in [7, 11) is 1.32. The number of thiol groups is 1. The summed E-state index contributed by atoms with van der Waals surface area (Å²) in [6.07, 6.45) is -9.90. The molecular formula is C9H20BIO8S. The third-order valence-corrected chi connectivity index (χ3v) is 3.89. The van der Waals surface area contributed by atoms with Crippen LogP contribution >= 0.6 is 35.9 Å². The van der Waals surface area contributed by atoms with Gasteiger partial charge in [-0.3, -0.25) is 0 Å². The maximum absolute atomic E-state index is 9.93. The minimum absolute atomic E-state index is 0.201. The molecule has 7 atom stereocenters. The average Bonchev–Trinajstić information content (AvgIpc) is 2.45. The predicted octanol–water partition coefficient (Wildman–Crippen LogP) is -2.66. The number of hydrogen-bond donors (Lipinski definition) is 6. The van der Waals surface area contributed by atoms with Gasteiger partial charge in [-0.15, -0.1) is 0 Å². The lowest BCUT2D eigenvalue weighted by Gasteiger charge is -2.33. The minimum Gasteiger partial charge on any atom is -0.441 e. The Bertz CT molecular complexity index is 266. The van der Waals surface area contributed by atoms with Crippen molar-refractivity contribution in [3.05, 3.63) is 0 Å². The van der Waals surface area contributed by atoms with E-state index in [0.29, 0.717) is 0 Å². The first-order chi connectivity index (χ1) is 9.31. The second-order valence-electron chi connectivity index (χ2n) is 4.35. The summed E-state index contributed by atoms with van der Waals surface area (Å²) in [5.74, 6) is 0. The van der Waals surface area contributed by atoms with Crippen LogP contribution in [0.4, 0.5) is 0 Å². The van der Waals surface area contributed by atoms with E-state index in [1.165, 1.54) is 15.0 Å². The number of rotatable bonds is 10. The summed E-state index contributed by atoms with van der Waals surface area (Å²) in [6, 6.07) is 0. The molecule has 0 fully saturated rings. The minimum atomic E-state index is -1.70. The smallest absolute Gasteiger partial charge is 0.257 e. The van der Waals surface area contributed by atoms with E-state index in [-0.39, 0.29) is 6.61 Å². The van der Waals surface area contributed by atoms with E-state index < -0.39 is 42.7 Å². The molecule has 120 valence electrons. The molecule has 8 nitrogen and oxygen atoms in total. The fourth-order valence-corrected chi connectivity index (χ4v) is 2.09. The second-order valence-corrected chi connectivity index (χ2v) is 5.07. The van der Waals surface area contributed by atoms with Gasteiger partial charge in [-0.05, 0) is 19.8 Å². The standard InChI is InChI=1S/C9H20BIO8S/c1-3(18-11)5(13)7(15)8(16)9(19-20)6(14)4(12)2-17-10/h3-9,12-16,20H,2,10H2,1H3. The molecule has 0 aliphatic carbocycles. The Morgan fingerprint density at radius 2 is 1.60 bits per heavy atom. The highest BCUT2D eigenvalue weighted by Gasteiger charge is 2.40. The molecular weight excluding hydrogens is 406 g/mol. The molecule has 0 aliphatic rings. The van der Waals surface area contributed by atoms with Crippen LogP contribution in [0.1, 0.15) is 6.92 Å². The zero-order chi connectivity index (χ0) is 15.9. The van der Waals surface area contributed by atoms with Gasteiger partial charge in [-0.25, -0.2) is 0 Å². The average molecular weight is 426 g/mol. The lowest BCUT2D eigenvalue weighted by molar-refractivity contribution is -0.152. The summed E-state index contributed by atoms with van der Waals surface area (Å²) in [5, 5.41) is 48.9. The number of halogens is 1. The Morgan fingerprint density at radius 3 is 2.00 bits per heavy atom. The number of aliphatic hydroxyl groups excluding tert-OH is 5. The first-order valence-electron chi connectivity index (χ1n) is 5.78. The molecule has 0 aromatic heterocycles. The molecule has 0 amide bonds. The zero-order valence-electron chi connectivity index (χ0n) is 11.0. The summed E-state index contributed by atoms with van der Waals surface area (Å²) < 4.78 is 14.0. The molecule has 11 heteroatoms. The lowest BCUT2D eigenvalue weighted by atomic mass is 9.95. The summed E-state index contributed by atoms with van der Waals surface area (Å²) in [6.45, 7) is 1.28. The molecule has 0 saturated carbocycles. The monoisotopic (exact) mass is 426 g/mol. The Labute approximate surface area is 137 Å². The van der Waals surface area contributed by atoms with Gasteiger partial charge in [0.1, 0.15) is 59.6 Å². The topological polar surface area (TPSA) is 129 Å². The van der Waals surface area contributed by atoms with Crippen LogP contribution in [-0.2, 0) is 11.9 Å². The van der Waals surface area contributed by atoms with Crippen molar-refractivity contribution in [3.63, 3.8) is 0 Å². The van der Waals surface area contributed by atoms with Crippen molar-refractivity contribution in [2.45, 2.75) is 49.7 Å². The maximum atomic E-state index is 9.93. The van der Waals surface area contributed by atoms with Gasteiger partial charge in [0.25, 0.3) is 8.05 Å². The van der Waals surface area contributed by atoms with Crippen molar-refractivity contribution in [2.75, 3.05) is 6.61 Å². The van der Waals surface area contributed by atoms with Crippen LogP contribution in [0.15, 0.2) is 0 Å². The normalized spacial score (nSPS) is 22.6. The van der Waals surface area contributed by atoms with Crippen LogP contribution in [0.5, 0.6) is 0 Å². The Balaban J connectivity index is 4.79. The van der Waals surface area contributed by atoms with E-state index in [1.54, 1.807) is 23.0 Å². The molecule has 7 unspecified atom stereocenters. The Hall–Kier alpha value is 0.825. The molecule has 0 heterocycles.